The largest absolute Gasteiger partial charge is 0.455 e. The van der Waals surface area contributed by atoms with Crippen molar-refractivity contribution in [3.63, 3.8) is 0 Å². The molecule has 6 nitrogen and oxygen atoms in total. The van der Waals surface area contributed by atoms with Crippen LogP contribution in [0.15, 0.2) is 16.5 Å². The van der Waals surface area contributed by atoms with E-state index in [1.54, 1.807) is 17.0 Å². The second-order valence-corrected chi connectivity index (χ2v) is 8.19. The molecule has 1 aromatic rings. The maximum atomic E-state index is 12.4. The molecule has 1 aromatic heterocycles. The van der Waals surface area contributed by atoms with E-state index in [2.05, 4.69) is 11.8 Å². The second-order valence-electron chi connectivity index (χ2n) is 6.05. The van der Waals surface area contributed by atoms with E-state index in [1.807, 2.05) is 14.1 Å². The van der Waals surface area contributed by atoms with Crippen molar-refractivity contribution in [1.29, 1.82) is 0 Å². The van der Waals surface area contributed by atoms with Gasteiger partial charge < -0.3 is 14.2 Å². The zero-order valence-electron chi connectivity index (χ0n) is 12.9. The Morgan fingerprint density at radius 1 is 1.38 bits per heavy atom. The fourth-order valence-corrected chi connectivity index (χ4v) is 3.44. The molecule has 2 heterocycles. The van der Waals surface area contributed by atoms with Crippen LogP contribution in [0.5, 0.6) is 0 Å². The van der Waals surface area contributed by atoms with Gasteiger partial charge in [-0.15, -0.1) is 0 Å². The molecule has 1 fully saturated rings. The molecule has 1 aliphatic rings. The number of rotatable bonds is 4. The van der Waals surface area contributed by atoms with Gasteiger partial charge in [-0.05, 0) is 32.1 Å². The van der Waals surface area contributed by atoms with E-state index in [4.69, 9.17) is 4.42 Å². The molecule has 0 spiro atoms. The lowest BCUT2D eigenvalue weighted by Crippen LogP contribution is -2.35. The number of hydrogen-bond acceptors (Lipinski definition) is 5. The van der Waals surface area contributed by atoms with Gasteiger partial charge in [-0.1, -0.05) is 6.92 Å². The SMILES string of the molecule is C[C@@H]1CN(C(=O)c2ccc(CS(C)(=O)=O)o2)C[C@@H]1N(C)C. The van der Waals surface area contributed by atoms with Crippen molar-refractivity contribution >= 4 is 15.7 Å². The summed E-state index contributed by atoms with van der Waals surface area (Å²) in [6, 6.07) is 3.44. The van der Waals surface area contributed by atoms with Crippen LogP contribution in [-0.4, -0.2) is 63.6 Å². The van der Waals surface area contributed by atoms with E-state index in [0.717, 1.165) is 6.26 Å². The normalized spacial score (nSPS) is 23.0. The highest BCUT2D eigenvalue weighted by atomic mass is 32.2. The molecule has 1 amide bonds. The third kappa shape index (κ3) is 3.85. The maximum Gasteiger partial charge on any atom is 0.289 e. The Kier molecular flexibility index (Phi) is 4.43. The van der Waals surface area contributed by atoms with E-state index in [0.29, 0.717) is 30.8 Å². The fraction of sp³-hybridized carbons (Fsp3) is 0.643. The summed E-state index contributed by atoms with van der Waals surface area (Å²) in [5.41, 5.74) is 0. The van der Waals surface area contributed by atoms with Gasteiger partial charge in [0, 0.05) is 25.4 Å². The minimum absolute atomic E-state index is 0.175. The molecule has 0 unspecified atom stereocenters. The number of amides is 1. The molecule has 0 aliphatic carbocycles. The lowest BCUT2D eigenvalue weighted by atomic mass is 10.1. The smallest absolute Gasteiger partial charge is 0.289 e. The van der Waals surface area contributed by atoms with Crippen LogP contribution in [-0.2, 0) is 15.6 Å². The average molecular weight is 314 g/mol. The molecule has 0 aromatic carbocycles. The molecule has 1 aliphatic heterocycles. The summed E-state index contributed by atoms with van der Waals surface area (Å²) in [6.07, 6.45) is 1.14. The Balaban J connectivity index is 2.08. The van der Waals surface area contributed by atoms with Crippen LogP contribution in [0.25, 0.3) is 0 Å². The summed E-state index contributed by atoms with van der Waals surface area (Å²) in [6.45, 7) is 3.47. The van der Waals surface area contributed by atoms with Gasteiger partial charge in [0.15, 0.2) is 15.6 Å². The van der Waals surface area contributed by atoms with Crippen LogP contribution in [0.4, 0.5) is 0 Å². The maximum absolute atomic E-state index is 12.4. The quantitative estimate of drug-likeness (QED) is 0.824. The number of carbonyl (C=O) groups excluding carboxylic acids is 1. The predicted molar refractivity (Wildman–Crippen MR) is 79.8 cm³/mol. The van der Waals surface area contributed by atoms with Crippen molar-refractivity contribution in [2.24, 2.45) is 5.92 Å². The first-order valence-electron chi connectivity index (χ1n) is 6.89. The Morgan fingerprint density at radius 3 is 2.57 bits per heavy atom. The topological polar surface area (TPSA) is 70.8 Å². The molecule has 0 saturated carbocycles. The fourth-order valence-electron chi connectivity index (χ4n) is 2.77. The predicted octanol–water partition coefficient (Wildman–Crippen LogP) is 0.846. The third-order valence-corrected chi connectivity index (χ3v) is 4.61. The van der Waals surface area contributed by atoms with Crippen LogP contribution >= 0.6 is 0 Å². The number of likely N-dealkylation sites (N-methyl/N-ethyl adjacent to an activating group) is 1. The highest BCUT2D eigenvalue weighted by Crippen LogP contribution is 2.22. The van der Waals surface area contributed by atoms with Gasteiger partial charge >= 0.3 is 0 Å². The minimum Gasteiger partial charge on any atom is -0.455 e. The summed E-state index contributed by atoms with van der Waals surface area (Å²) in [7, 11) is 0.850. The van der Waals surface area contributed by atoms with Gasteiger partial charge in [-0.2, -0.15) is 0 Å². The van der Waals surface area contributed by atoms with Crippen molar-refractivity contribution in [2.45, 2.75) is 18.7 Å². The number of hydrogen-bond donors (Lipinski definition) is 0. The van der Waals surface area contributed by atoms with E-state index < -0.39 is 9.84 Å². The van der Waals surface area contributed by atoms with Crippen molar-refractivity contribution in [1.82, 2.24) is 9.80 Å². The minimum atomic E-state index is -3.16. The van der Waals surface area contributed by atoms with Crippen LogP contribution in [0.2, 0.25) is 0 Å². The molecule has 1 saturated heterocycles. The summed E-state index contributed by atoms with van der Waals surface area (Å²) in [5.74, 6) is 0.551. The molecular weight excluding hydrogens is 292 g/mol. The number of sulfone groups is 1. The first-order valence-corrected chi connectivity index (χ1v) is 8.95. The lowest BCUT2D eigenvalue weighted by Gasteiger charge is -2.22. The Labute approximate surface area is 125 Å². The van der Waals surface area contributed by atoms with Crippen molar-refractivity contribution in [3.05, 3.63) is 23.7 Å². The molecule has 0 N–H and O–H groups in total. The summed E-state index contributed by atoms with van der Waals surface area (Å²) < 4.78 is 27.9. The summed E-state index contributed by atoms with van der Waals surface area (Å²) in [4.78, 5) is 16.3. The molecule has 2 atom stereocenters. The highest BCUT2D eigenvalue weighted by Gasteiger charge is 2.34. The van der Waals surface area contributed by atoms with E-state index in [1.165, 1.54) is 0 Å². The van der Waals surface area contributed by atoms with Gasteiger partial charge in [0.05, 0.1) is 0 Å². The average Bonchev–Trinajstić information content (AvgIpc) is 2.93. The number of carbonyl (C=O) groups is 1. The molecule has 118 valence electrons. The highest BCUT2D eigenvalue weighted by molar-refractivity contribution is 7.89. The molecule has 7 heteroatoms. The molecule has 0 bridgehead atoms. The first-order chi connectivity index (χ1) is 9.67. The summed E-state index contributed by atoms with van der Waals surface area (Å²) in [5, 5.41) is 0. The standard InChI is InChI=1S/C14H22N2O4S/c1-10-7-16(8-12(10)15(2)3)14(17)13-6-5-11(20-13)9-21(4,18)19/h5-6,10,12H,7-9H2,1-4H3/t10-,12+/m1/s1. The third-order valence-electron chi connectivity index (χ3n) is 3.80. The zero-order chi connectivity index (χ0) is 15.8. The van der Waals surface area contributed by atoms with Gasteiger partial charge in [0.25, 0.3) is 5.91 Å². The van der Waals surface area contributed by atoms with Crippen LogP contribution in [0.3, 0.4) is 0 Å². The number of nitrogens with zero attached hydrogens (tertiary/aromatic N) is 2. The molecule has 2 rings (SSSR count). The van der Waals surface area contributed by atoms with Crippen LogP contribution < -0.4 is 0 Å². The van der Waals surface area contributed by atoms with E-state index in [-0.39, 0.29) is 17.4 Å². The zero-order valence-corrected chi connectivity index (χ0v) is 13.7. The lowest BCUT2D eigenvalue weighted by molar-refractivity contribution is 0.0748. The number of likely N-dealkylation sites (tertiary alicyclic amines) is 1. The number of furan rings is 1. The van der Waals surface area contributed by atoms with Gasteiger partial charge in [-0.3, -0.25) is 4.79 Å². The monoisotopic (exact) mass is 314 g/mol. The van der Waals surface area contributed by atoms with Crippen molar-refractivity contribution in [2.75, 3.05) is 33.4 Å². The molecular formula is C14H22N2O4S. The second kappa shape index (κ2) is 5.81. The van der Waals surface area contributed by atoms with Crippen molar-refractivity contribution < 1.29 is 17.6 Å². The van der Waals surface area contributed by atoms with Crippen LogP contribution in [0.1, 0.15) is 23.2 Å². The first kappa shape index (κ1) is 16.0. The Bertz CT molecular complexity index is 621. The Hall–Kier alpha value is -1.34. The van der Waals surface area contributed by atoms with Crippen molar-refractivity contribution in [3.8, 4) is 0 Å². The van der Waals surface area contributed by atoms with E-state index in [9.17, 15) is 13.2 Å². The molecule has 21 heavy (non-hydrogen) atoms. The van der Waals surface area contributed by atoms with Crippen LogP contribution in [0, 0.1) is 5.92 Å². The van der Waals surface area contributed by atoms with Gasteiger partial charge in [0.1, 0.15) is 11.5 Å². The van der Waals surface area contributed by atoms with Gasteiger partial charge in [0.2, 0.25) is 0 Å². The van der Waals surface area contributed by atoms with Gasteiger partial charge in [-0.25, -0.2) is 8.42 Å². The Morgan fingerprint density at radius 2 is 2.05 bits per heavy atom. The molecule has 0 radical (unpaired) electrons. The van der Waals surface area contributed by atoms with E-state index >= 15 is 0 Å². The summed E-state index contributed by atoms with van der Waals surface area (Å²) >= 11 is 0.